The fraction of sp³-hybridized carbons (Fsp3) is 0.0606. The van der Waals surface area contributed by atoms with Gasteiger partial charge >= 0.3 is 23.9 Å². The summed E-state index contributed by atoms with van der Waals surface area (Å²) in [6.45, 7) is 2.93. The molecule has 2 aromatic carbocycles. The third-order valence-electron chi connectivity index (χ3n) is 8.16. The van der Waals surface area contributed by atoms with Crippen molar-refractivity contribution in [1.29, 1.82) is 0 Å². The van der Waals surface area contributed by atoms with Crippen molar-refractivity contribution >= 4 is 41.9 Å². The maximum Gasteiger partial charge on any atom is 0.335 e. The van der Waals surface area contributed by atoms with Crippen LogP contribution in [0.2, 0.25) is 0 Å². The molecule has 1 aromatic heterocycles. The first-order valence-corrected chi connectivity index (χ1v) is 14.5. The highest BCUT2D eigenvalue weighted by Gasteiger charge is 2.27. The Balaban J connectivity index is 1.61. The zero-order chi connectivity index (χ0) is 37.0. The van der Waals surface area contributed by atoms with Gasteiger partial charge in [-0.3, -0.25) is 23.5 Å². The van der Waals surface area contributed by atoms with Crippen molar-refractivity contribution in [2.24, 2.45) is 5.10 Å². The van der Waals surface area contributed by atoms with Gasteiger partial charge in [-0.1, -0.05) is 6.08 Å². The van der Waals surface area contributed by atoms with Crippen LogP contribution in [0, 0.1) is 13.8 Å². The number of nitrogens with zero attached hydrogens (tertiary/aromatic N) is 4. The van der Waals surface area contributed by atoms with Crippen molar-refractivity contribution in [1.82, 2.24) is 24.8 Å². The minimum absolute atomic E-state index is 0.0259. The van der Waals surface area contributed by atoms with E-state index in [-0.39, 0.29) is 55.7 Å². The van der Waals surface area contributed by atoms with Crippen LogP contribution < -0.4 is 27.3 Å². The largest absolute Gasteiger partial charge is 0.494 e. The monoisotopic (exact) mass is 694 g/mol. The number of aromatic nitrogens is 4. The number of carboxylic acid groups (broad SMARTS) is 4. The normalized spacial score (nSPS) is 12.6. The summed E-state index contributed by atoms with van der Waals surface area (Å²) in [5.74, 6) is -7.32. The number of carbonyl (C=O) groups excluding carboxylic acids is 1. The second-order valence-electron chi connectivity index (χ2n) is 11.2. The van der Waals surface area contributed by atoms with Gasteiger partial charge < -0.3 is 25.5 Å². The van der Waals surface area contributed by atoms with E-state index < -0.39 is 69.0 Å². The summed E-state index contributed by atoms with van der Waals surface area (Å²) in [5.41, 5.74) is -1.39. The molecule has 0 radical (unpaired) electrons. The SMILES string of the molecule is Cc1c(C=CC=c2c(C)c3c(n(-c4cc(C(=O)O)cc(C(=O)O)c4)c2=O)=NNC3=O)c(O)n(-c2cc(C(=O)O)cc(C(=O)O)c2)c2n[nH]c(=O)c1-2. The molecule has 0 atom stereocenters. The molecule has 51 heavy (non-hydrogen) atoms. The molecule has 0 aliphatic carbocycles. The smallest absolute Gasteiger partial charge is 0.335 e. The number of hydrogen-bond acceptors (Lipinski definition) is 10. The van der Waals surface area contributed by atoms with Crippen LogP contribution in [0.4, 0.5) is 0 Å². The van der Waals surface area contributed by atoms with Gasteiger partial charge in [0.15, 0.2) is 11.3 Å². The molecule has 4 heterocycles. The summed E-state index contributed by atoms with van der Waals surface area (Å²) in [7, 11) is 0. The second kappa shape index (κ2) is 12.1. The summed E-state index contributed by atoms with van der Waals surface area (Å²) in [4.78, 5) is 86.8. The maximum atomic E-state index is 14.0. The molecular weight excluding hydrogens is 672 g/mol. The van der Waals surface area contributed by atoms with Gasteiger partial charge in [-0.15, -0.1) is 0 Å². The highest BCUT2D eigenvalue weighted by atomic mass is 16.4. The van der Waals surface area contributed by atoms with Crippen LogP contribution in [0.25, 0.3) is 34.9 Å². The molecule has 0 spiro atoms. The molecular formula is C33H22N6O12. The van der Waals surface area contributed by atoms with Gasteiger partial charge in [0.25, 0.3) is 17.0 Å². The van der Waals surface area contributed by atoms with Crippen molar-refractivity contribution in [3.63, 3.8) is 0 Å². The lowest BCUT2D eigenvalue weighted by atomic mass is 10.0. The van der Waals surface area contributed by atoms with Gasteiger partial charge in [-0.05, 0) is 73.5 Å². The lowest BCUT2D eigenvalue weighted by molar-refractivity contribution is 0.0676. The number of amides is 1. The molecule has 7 N–H and O–H groups in total. The molecule has 6 rings (SSSR count). The first-order chi connectivity index (χ1) is 24.1. The molecule has 18 nitrogen and oxygen atoms in total. The Morgan fingerprint density at radius 3 is 1.75 bits per heavy atom. The van der Waals surface area contributed by atoms with Gasteiger partial charge in [0, 0.05) is 10.8 Å². The molecule has 0 saturated carbocycles. The van der Waals surface area contributed by atoms with E-state index >= 15 is 0 Å². The number of aromatic amines is 1. The Labute approximate surface area is 282 Å². The van der Waals surface area contributed by atoms with Crippen molar-refractivity contribution in [2.75, 3.05) is 0 Å². The van der Waals surface area contributed by atoms with Crippen LogP contribution in [0.5, 0.6) is 5.88 Å². The number of aromatic hydroxyl groups is 1. The van der Waals surface area contributed by atoms with Gasteiger partial charge in [0.1, 0.15) is 0 Å². The fourth-order valence-electron chi connectivity index (χ4n) is 5.76. The van der Waals surface area contributed by atoms with Gasteiger partial charge in [-0.2, -0.15) is 10.2 Å². The van der Waals surface area contributed by atoms with E-state index in [1.807, 2.05) is 0 Å². The average Bonchev–Trinajstić information content (AvgIpc) is 3.65. The minimum atomic E-state index is -1.48. The van der Waals surface area contributed by atoms with Crippen LogP contribution in [-0.4, -0.2) is 74.6 Å². The Morgan fingerprint density at radius 2 is 1.24 bits per heavy atom. The minimum Gasteiger partial charge on any atom is -0.494 e. The summed E-state index contributed by atoms with van der Waals surface area (Å²) in [6, 6.07) is 6.04. The Hall–Kier alpha value is -7.63. The van der Waals surface area contributed by atoms with Crippen LogP contribution >= 0.6 is 0 Å². The van der Waals surface area contributed by atoms with Crippen molar-refractivity contribution < 1.29 is 49.5 Å². The predicted molar refractivity (Wildman–Crippen MR) is 174 cm³/mol. The van der Waals surface area contributed by atoms with Crippen molar-refractivity contribution in [3.05, 3.63) is 118 Å². The molecule has 0 unspecified atom stereocenters. The van der Waals surface area contributed by atoms with E-state index in [0.717, 1.165) is 45.5 Å². The summed E-state index contributed by atoms with van der Waals surface area (Å²) < 4.78 is 1.86. The number of benzene rings is 2. The zero-order valence-corrected chi connectivity index (χ0v) is 26.1. The predicted octanol–water partition coefficient (Wildman–Crippen LogP) is 0.703. The number of nitrogens with one attached hydrogen (secondary N) is 2. The number of rotatable bonds is 8. The number of allylic oxidation sites excluding steroid dienone is 1. The maximum absolute atomic E-state index is 14.0. The quantitative estimate of drug-likeness (QED) is 0.118. The molecule has 3 aliphatic heterocycles. The second-order valence-corrected chi connectivity index (χ2v) is 11.2. The van der Waals surface area contributed by atoms with E-state index in [9.17, 15) is 59.1 Å². The van der Waals surface area contributed by atoms with Gasteiger partial charge in [-0.25, -0.2) is 29.7 Å². The first kappa shape index (κ1) is 33.3. The van der Waals surface area contributed by atoms with Crippen molar-refractivity contribution in [2.45, 2.75) is 13.8 Å². The average molecular weight is 695 g/mol. The summed E-state index contributed by atoms with van der Waals surface area (Å²) >= 11 is 0. The third-order valence-corrected chi connectivity index (χ3v) is 8.16. The fourth-order valence-corrected chi connectivity index (χ4v) is 5.76. The number of H-pyrrole nitrogens is 1. The number of fused-ring (bicyclic) bond motifs is 2. The van der Waals surface area contributed by atoms with Gasteiger partial charge in [0.2, 0.25) is 5.88 Å². The number of hydrogen-bond donors (Lipinski definition) is 7. The molecule has 0 fully saturated rings. The van der Waals surface area contributed by atoms with E-state index in [0.29, 0.717) is 0 Å². The molecule has 0 bridgehead atoms. The lowest BCUT2D eigenvalue weighted by Crippen LogP contribution is -2.45. The molecule has 18 heteroatoms. The van der Waals surface area contributed by atoms with Crippen LogP contribution in [0.15, 0.2) is 57.2 Å². The topological polar surface area (TPSA) is 284 Å². The molecule has 3 aliphatic rings. The Kier molecular flexibility index (Phi) is 7.90. The number of carbonyl (C=O) groups is 5. The first-order valence-electron chi connectivity index (χ1n) is 14.5. The molecule has 1 amide bonds. The van der Waals surface area contributed by atoms with Crippen molar-refractivity contribution in [3.8, 4) is 28.6 Å². The van der Waals surface area contributed by atoms with E-state index in [4.69, 9.17) is 0 Å². The molecule has 0 saturated heterocycles. The van der Waals surface area contributed by atoms with E-state index in [1.165, 1.54) is 32.1 Å². The van der Waals surface area contributed by atoms with Gasteiger partial charge in [0.05, 0.1) is 44.8 Å². The molecule has 3 aromatic rings. The Bertz CT molecular complexity index is 2620. The van der Waals surface area contributed by atoms with Crippen LogP contribution in [0.3, 0.4) is 0 Å². The van der Waals surface area contributed by atoms with Crippen LogP contribution in [-0.2, 0) is 0 Å². The standard InChI is InChI=1S/C33H22N6O12/c1-12-20(28(42)38(24-22(12)26(40)36-34-24)18-8-14(30(44)45)6-15(9-18)31(46)47)4-3-5-21-13(2)23-25(35-37-27(23)41)39(29(21)43)19-10-16(32(48)49)7-17(11-19)33(50)51/h3-11,42H,1-2H3,(H,36,40)(H,37,41)(H,44,45)(H,46,47)(H,48,49)(H,50,51). The summed E-state index contributed by atoms with van der Waals surface area (Å²) in [6.07, 6.45) is 3.84. The number of carboxylic acids is 4. The molecule has 256 valence electrons. The van der Waals surface area contributed by atoms with Crippen LogP contribution in [0.1, 0.15) is 68.5 Å². The number of pyridine rings is 2. The number of aromatic carboxylic acids is 4. The third kappa shape index (κ3) is 5.47. The van der Waals surface area contributed by atoms with E-state index in [2.05, 4.69) is 20.7 Å². The summed E-state index contributed by atoms with van der Waals surface area (Å²) in [5, 5.41) is 59.9. The highest BCUT2D eigenvalue weighted by Crippen LogP contribution is 2.36. The van der Waals surface area contributed by atoms with E-state index in [1.54, 1.807) is 0 Å². The zero-order valence-electron chi connectivity index (χ0n) is 26.1. The Morgan fingerprint density at radius 1 is 0.725 bits per heavy atom. The highest BCUT2D eigenvalue weighted by molar-refractivity contribution is 5.97. The lowest BCUT2D eigenvalue weighted by Gasteiger charge is -2.19.